The highest BCUT2D eigenvalue weighted by atomic mass is 35.5. The van der Waals surface area contributed by atoms with E-state index in [2.05, 4.69) is 33.6 Å². The maximum Gasteiger partial charge on any atom is 0.255 e. The second-order valence-corrected chi connectivity index (χ2v) is 11.2. The zero-order chi connectivity index (χ0) is 27.3. The largest absolute Gasteiger partial charge is 0.383 e. The smallest absolute Gasteiger partial charge is 0.255 e. The number of carbonyl (C=O) groups is 2. The van der Waals surface area contributed by atoms with Crippen molar-refractivity contribution in [2.24, 2.45) is 10.7 Å². The van der Waals surface area contributed by atoms with Crippen molar-refractivity contribution in [2.75, 3.05) is 25.6 Å². The monoisotopic (exact) mass is 549 g/mol. The SMILES string of the molecule is C=CC(=O)N1C[C@@H](n2nc(C#CC3=CC4N=CN(C5CC5)C4C=C3Cl)c(C(N)=O)c2NC2CC2)C[C@@H]1COC. The Morgan fingerprint density at radius 1 is 1.26 bits per heavy atom. The average Bonchev–Trinajstić information content (AvgIpc) is 3.81. The molecule has 1 aromatic heterocycles. The number of aliphatic imine (C=N–C) groups is 1. The molecule has 2 saturated carbocycles. The molecule has 0 aromatic carbocycles. The highest BCUT2D eigenvalue weighted by Gasteiger charge is 2.40. The van der Waals surface area contributed by atoms with Crippen molar-refractivity contribution in [1.29, 1.82) is 0 Å². The second kappa shape index (κ2) is 10.2. The number of ether oxygens (including phenoxy) is 1. The molecular formula is C28H32ClN7O3. The van der Waals surface area contributed by atoms with Gasteiger partial charge in [-0.1, -0.05) is 24.1 Å². The van der Waals surface area contributed by atoms with Gasteiger partial charge in [0.2, 0.25) is 5.91 Å². The van der Waals surface area contributed by atoms with Crippen LogP contribution in [-0.2, 0) is 9.53 Å². The van der Waals surface area contributed by atoms with Crippen LogP contribution in [0.1, 0.15) is 54.2 Å². The number of carbonyl (C=O) groups excluding carboxylic acids is 2. The topological polar surface area (TPSA) is 118 Å². The Kier molecular flexibility index (Phi) is 6.73. The van der Waals surface area contributed by atoms with Crippen molar-refractivity contribution < 1.29 is 14.3 Å². The minimum absolute atomic E-state index is 0.0396. The van der Waals surface area contributed by atoms with Gasteiger partial charge in [-0.15, -0.1) is 0 Å². The maximum absolute atomic E-state index is 12.7. The van der Waals surface area contributed by atoms with Crippen molar-refractivity contribution in [3.8, 4) is 11.8 Å². The van der Waals surface area contributed by atoms with Crippen LogP contribution in [0.5, 0.6) is 0 Å². The van der Waals surface area contributed by atoms with Crippen molar-refractivity contribution in [1.82, 2.24) is 19.6 Å². The van der Waals surface area contributed by atoms with Crippen molar-refractivity contribution in [3.63, 3.8) is 0 Å². The van der Waals surface area contributed by atoms with E-state index in [0.717, 1.165) is 12.8 Å². The van der Waals surface area contributed by atoms with Gasteiger partial charge in [0.15, 0.2) is 5.69 Å². The Balaban J connectivity index is 1.33. The molecule has 2 aliphatic heterocycles. The minimum atomic E-state index is -0.612. The van der Waals surface area contributed by atoms with E-state index in [1.807, 2.05) is 18.5 Å². The van der Waals surface area contributed by atoms with E-state index in [0.29, 0.717) is 42.0 Å². The average molecular weight is 550 g/mol. The Labute approximate surface area is 232 Å². The summed E-state index contributed by atoms with van der Waals surface area (Å²) in [5.41, 5.74) is 7.06. The molecule has 10 nitrogen and oxygen atoms in total. The Morgan fingerprint density at radius 3 is 2.72 bits per heavy atom. The molecule has 6 rings (SSSR count). The lowest BCUT2D eigenvalue weighted by Gasteiger charge is -2.27. The van der Waals surface area contributed by atoms with Crippen LogP contribution in [0.15, 0.2) is 40.4 Å². The third-order valence-electron chi connectivity index (χ3n) is 7.89. The molecule has 3 heterocycles. The van der Waals surface area contributed by atoms with Crippen LogP contribution in [0, 0.1) is 11.8 Å². The summed E-state index contributed by atoms with van der Waals surface area (Å²) in [6, 6.07) is 0.536. The molecule has 5 aliphatic rings. The number of allylic oxidation sites excluding steroid dienone is 2. The van der Waals surface area contributed by atoms with E-state index in [1.54, 1.807) is 16.7 Å². The molecule has 3 fully saturated rings. The fourth-order valence-corrected chi connectivity index (χ4v) is 5.88. The van der Waals surface area contributed by atoms with Crippen LogP contribution < -0.4 is 11.1 Å². The van der Waals surface area contributed by atoms with Gasteiger partial charge in [0.25, 0.3) is 5.91 Å². The molecule has 1 aromatic rings. The first kappa shape index (κ1) is 25.7. The quantitative estimate of drug-likeness (QED) is 0.379. The zero-order valence-electron chi connectivity index (χ0n) is 21.8. The molecule has 3 aliphatic carbocycles. The molecule has 2 amide bonds. The number of likely N-dealkylation sites (tertiary alicyclic amines) is 1. The molecule has 204 valence electrons. The first-order valence-electron chi connectivity index (χ1n) is 13.4. The van der Waals surface area contributed by atoms with Crippen LogP contribution in [-0.4, -0.2) is 88.2 Å². The van der Waals surface area contributed by atoms with Gasteiger partial charge in [-0.2, -0.15) is 5.10 Å². The molecule has 39 heavy (non-hydrogen) atoms. The summed E-state index contributed by atoms with van der Waals surface area (Å²) in [4.78, 5) is 33.9. The third kappa shape index (κ3) is 4.97. The van der Waals surface area contributed by atoms with E-state index >= 15 is 0 Å². The van der Waals surface area contributed by atoms with Crippen molar-refractivity contribution >= 4 is 35.6 Å². The third-order valence-corrected chi connectivity index (χ3v) is 8.22. The van der Waals surface area contributed by atoms with Gasteiger partial charge >= 0.3 is 0 Å². The standard InChI is InChI=1S/C28H32ClN7O3/c1-3-25(37)34-13-19(11-20(34)14-39-2)36-28(32-17-5-6-17)26(27(30)38)22(33-36)9-4-16-10-23-24(12-21(16)29)35(15-31-23)18-7-8-18/h3,10,12,15,17-20,23-24,32H,1,5-8,11,13-14H2,2H3,(H2,30,38)/t19-,20+,23?,24?/m0/s1. The van der Waals surface area contributed by atoms with E-state index in [-0.39, 0.29) is 47.4 Å². The Morgan fingerprint density at radius 2 is 2.05 bits per heavy atom. The van der Waals surface area contributed by atoms with Crippen LogP contribution >= 0.6 is 11.6 Å². The Bertz CT molecular complexity index is 1360. The number of anilines is 1. The number of nitrogens with two attached hydrogens (primary N) is 1. The molecule has 0 bridgehead atoms. The van der Waals surface area contributed by atoms with Gasteiger partial charge < -0.3 is 25.6 Å². The number of rotatable bonds is 8. The molecular weight excluding hydrogens is 518 g/mol. The van der Waals surface area contributed by atoms with Crippen LogP contribution in [0.2, 0.25) is 0 Å². The molecule has 4 atom stereocenters. The summed E-state index contributed by atoms with van der Waals surface area (Å²) in [7, 11) is 1.61. The first-order chi connectivity index (χ1) is 18.9. The molecule has 2 unspecified atom stereocenters. The number of hydrogen-bond acceptors (Lipinski definition) is 7. The number of primary amides is 1. The van der Waals surface area contributed by atoms with Crippen LogP contribution in [0.4, 0.5) is 5.82 Å². The van der Waals surface area contributed by atoms with Gasteiger partial charge in [-0.25, -0.2) is 4.68 Å². The molecule has 0 radical (unpaired) electrons. The zero-order valence-corrected chi connectivity index (χ0v) is 22.6. The van der Waals surface area contributed by atoms with E-state index in [9.17, 15) is 9.59 Å². The van der Waals surface area contributed by atoms with Gasteiger partial charge in [0, 0.05) is 31.3 Å². The Hall–Kier alpha value is -3.55. The van der Waals surface area contributed by atoms with E-state index < -0.39 is 5.91 Å². The van der Waals surface area contributed by atoms with Crippen molar-refractivity contribution in [2.45, 2.75) is 68.4 Å². The summed E-state index contributed by atoms with van der Waals surface area (Å²) in [5.74, 6) is 5.97. The van der Waals surface area contributed by atoms with E-state index in [4.69, 9.17) is 27.2 Å². The number of aromatic nitrogens is 2. The first-order valence-corrected chi connectivity index (χ1v) is 13.8. The fourth-order valence-electron chi connectivity index (χ4n) is 5.64. The summed E-state index contributed by atoms with van der Waals surface area (Å²) >= 11 is 6.65. The minimum Gasteiger partial charge on any atom is -0.383 e. The number of amides is 2. The highest BCUT2D eigenvalue weighted by Crippen LogP contribution is 2.37. The predicted octanol–water partition coefficient (Wildman–Crippen LogP) is 2.19. The lowest BCUT2D eigenvalue weighted by atomic mass is 9.98. The number of fused-ring (bicyclic) bond motifs is 1. The molecule has 1 saturated heterocycles. The summed E-state index contributed by atoms with van der Waals surface area (Å²) in [6.45, 7) is 4.43. The number of halogens is 1. The number of hydrogen-bond donors (Lipinski definition) is 2. The fraction of sp³-hybridized carbons (Fsp3) is 0.500. The normalized spacial score (nSPS) is 27.4. The maximum atomic E-state index is 12.7. The van der Waals surface area contributed by atoms with Gasteiger partial charge in [0.1, 0.15) is 11.4 Å². The lowest BCUT2D eigenvalue weighted by molar-refractivity contribution is -0.127. The highest BCUT2D eigenvalue weighted by molar-refractivity contribution is 6.32. The summed E-state index contributed by atoms with van der Waals surface area (Å²) < 4.78 is 7.15. The number of methoxy groups -OCH3 is 1. The van der Waals surface area contributed by atoms with E-state index in [1.165, 1.54) is 18.9 Å². The van der Waals surface area contributed by atoms with Crippen LogP contribution in [0.25, 0.3) is 0 Å². The molecule has 3 N–H and O–H groups in total. The predicted molar refractivity (Wildman–Crippen MR) is 148 cm³/mol. The van der Waals surface area contributed by atoms with Gasteiger partial charge in [0.05, 0.1) is 42.1 Å². The van der Waals surface area contributed by atoms with Crippen molar-refractivity contribution in [3.05, 3.63) is 46.7 Å². The van der Waals surface area contributed by atoms with Gasteiger partial charge in [-0.3, -0.25) is 14.6 Å². The summed E-state index contributed by atoms with van der Waals surface area (Å²) in [5, 5.41) is 8.77. The van der Waals surface area contributed by atoms with Gasteiger partial charge in [-0.05, 0) is 56.3 Å². The second-order valence-electron chi connectivity index (χ2n) is 10.8. The lowest BCUT2D eigenvalue weighted by Crippen LogP contribution is -2.37. The number of nitrogens with one attached hydrogen (secondary N) is 1. The summed E-state index contributed by atoms with van der Waals surface area (Å²) in [6.07, 6.45) is 12.2. The molecule has 11 heteroatoms. The number of nitrogens with zero attached hydrogens (tertiary/aromatic N) is 5. The van der Waals surface area contributed by atoms with Crippen LogP contribution in [0.3, 0.4) is 0 Å². The molecule has 0 spiro atoms.